The highest BCUT2D eigenvalue weighted by Gasteiger charge is 2.43. The van der Waals surface area contributed by atoms with Gasteiger partial charge in [-0.05, 0) is 26.2 Å². The second-order valence-corrected chi connectivity index (χ2v) is 7.01. The molecule has 0 aliphatic carbocycles. The van der Waals surface area contributed by atoms with Crippen molar-refractivity contribution in [2.75, 3.05) is 24.5 Å². The van der Waals surface area contributed by atoms with E-state index in [1.807, 2.05) is 32.0 Å². The smallest absolute Gasteiger partial charge is 0.231 e. The summed E-state index contributed by atoms with van der Waals surface area (Å²) < 4.78 is 7.00. The third-order valence-corrected chi connectivity index (χ3v) is 5.39. The molecule has 4 rings (SSSR count). The van der Waals surface area contributed by atoms with Gasteiger partial charge in [0.1, 0.15) is 5.76 Å². The molecule has 2 atom stereocenters. The molecular weight excluding hydrogens is 306 g/mol. The monoisotopic (exact) mass is 329 g/mol. The van der Waals surface area contributed by atoms with Gasteiger partial charge >= 0.3 is 0 Å². The molecule has 0 unspecified atom stereocenters. The molecule has 2 aliphatic rings. The maximum Gasteiger partial charge on any atom is 0.231 e. The number of fused-ring (bicyclic) bond motifs is 1. The number of piperidine rings is 1. The Labute approximate surface area is 141 Å². The largest absolute Gasteiger partial charge is 0.361 e. The van der Waals surface area contributed by atoms with Crippen molar-refractivity contribution < 1.29 is 9.32 Å². The normalized spacial score (nSPS) is 24.6. The molecular formula is C17H23N5O2. The van der Waals surface area contributed by atoms with Crippen LogP contribution in [-0.4, -0.2) is 45.4 Å². The zero-order chi connectivity index (χ0) is 16.8. The van der Waals surface area contributed by atoms with Gasteiger partial charge in [0, 0.05) is 45.0 Å². The minimum atomic E-state index is 0.0828. The van der Waals surface area contributed by atoms with Crippen LogP contribution in [0.5, 0.6) is 0 Å². The molecule has 2 aromatic rings. The van der Waals surface area contributed by atoms with E-state index in [1.54, 1.807) is 10.9 Å². The molecule has 0 spiro atoms. The highest BCUT2D eigenvalue weighted by molar-refractivity contribution is 5.96. The van der Waals surface area contributed by atoms with Gasteiger partial charge in [0.25, 0.3) is 0 Å². The highest BCUT2D eigenvalue weighted by Crippen LogP contribution is 2.35. The van der Waals surface area contributed by atoms with Crippen molar-refractivity contribution in [1.82, 2.24) is 19.8 Å². The first-order valence-electron chi connectivity index (χ1n) is 8.47. The van der Waals surface area contributed by atoms with Gasteiger partial charge in [0.2, 0.25) is 5.91 Å². The molecule has 1 amide bonds. The lowest BCUT2D eigenvalue weighted by Gasteiger charge is -2.32. The predicted molar refractivity (Wildman–Crippen MR) is 88.4 cm³/mol. The number of carbonyl (C=O) groups is 1. The molecule has 0 N–H and O–H groups in total. The molecule has 2 saturated heterocycles. The molecule has 128 valence electrons. The van der Waals surface area contributed by atoms with Crippen LogP contribution in [0.1, 0.15) is 23.4 Å². The average molecular weight is 329 g/mol. The van der Waals surface area contributed by atoms with E-state index in [0.29, 0.717) is 5.92 Å². The molecule has 0 saturated carbocycles. The van der Waals surface area contributed by atoms with Crippen LogP contribution in [0.4, 0.5) is 5.69 Å². The fraction of sp³-hybridized carbons (Fsp3) is 0.588. The van der Waals surface area contributed by atoms with Crippen LogP contribution < -0.4 is 4.90 Å². The lowest BCUT2D eigenvalue weighted by molar-refractivity contribution is -0.124. The summed E-state index contributed by atoms with van der Waals surface area (Å²) in [5.74, 6) is 1.65. The summed E-state index contributed by atoms with van der Waals surface area (Å²) in [6, 6.07) is 0. The van der Waals surface area contributed by atoms with Gasteiger partial charge in [-0.25, -0.2) is 0 Å². The topological polar surface area (TPSA) is 67.4 Å². The summed E-state index contributed by atoms with van der Waals surface area (Å²) in [5, 5.41) is 8.22. The zero-order valence-corrected chi connectivity index (χ0v) is 14.4. The van der Waals surface area contributed by atoms with Crippen molar-refractivity contribution >= 4 is 11.6 Å². The molecule has 24 heavy (non-hydrogen) atoms. The van der Waals surface area contributed by atoms with Gasteiger partial charge in [-0.1, -0.05) is 5.16 Å². The third kappa shape index (κ3) is 2.53. The first-order chi connectivity index (χ1) is 11.5. The van der Waals surface area contributed by atoms with Crippen LogP contribution >= 0.6 is 0 Å². The maximum absolute atomic E-state index is 12.9. The molecule has 0 aromatic carbocycles. The van der Waals surface area contributed by atoms with Crippen molar-refractivity contribution in [3.05, 3.63) is 29.4 Å². The van der Waals surface area contributed by atoms with E-state index in [2.05, 4.69) is 15.2 Å². The number of aryl methyl sites for hydroxylation is 3. The first kappa shape index (κ1) is 15.4. The fourth-order valence-corrected chi connectivity index (χ4v) is 4.02. The quantitative estimate of drug-likeness (QED) is 0.854. The van der Waals surface area contributed by atoms with Crippen molar-refractivity contribution in [3.63, 3.8) is 0 Å². The summed E-state index contributed by atoms with van der Waals surface area (Å²) in [5.41, 5.74) is 3.01. The van der Waals surface area contributed by atoms with E-state index in [0.717, 1.165) is 55.3 Å². The lowest BCUT2D eigenvalue weighted by Crippen LogP contribution is -2.45. The van der Waals surface area contributed by atoms with Gasteiger partial charge < -0.3 is 9.42 Å². The van der Waals surface area contributed by atoms with Gasteiger partial charge in [0.05, 0.1) is 23.5 Å². The van der Waals surface area contributed by atoms with Crippen molar-refractivity contribution in [3.8, 4) is 0 Å². The number of aromatic nitrogens is 3. The van der Waals surface area contributed by atoms with Crippen molar-refractivity contribution in [2.24, 2.45) is 18.9 Å². The van der Waals surface area contributed by atoms with Gasteiger partial charge in [-0.2, -0.15) is 5.10 Å². The van der Waals surface area contributed by atoms with Crippen molar-refractivity contribution in [2.45, 2.75) is 26.8 Å². The standard InChI is InChI=1S/C17H23N5O2/c1-11-15(12(2)24-19-11)9-21-7-13-4-5-22(17(23)16(13)10-21)14-6-18-20(3)8-14/h6,8,13,16H,4-5,7,9-10H2,1-3H3/t13-,16+/m1/s1. The molecule has 0 bridgehead atoms. The molecule has 2 fully saturated rings. The van der Waals surface area contributed by atoms with E-state index in [4.69, 9.17) is 4.52 Å². The average Bonchev–Trinajstić information content (AvgIpc) is 3.23. The van der Waals surface area contributed by atoms with Gasteiger partial charge in [0.15, 0.2) is 0 Å². The number of amides is 1. The Morgan fingerprint density at radius 3 is 2.83 bits per heavy atom. The predicted octanol–water partition coefficient (Wildman–Crippen LogP) is 1.51. The number of carbonyl (C=O) groups excluding carboxylic acids is 1. The van der Waals surface area contributed by atoms with Crippen LogP contribution in [0, 0.1) is 25.7 Å². The van der Waals surface area contributed by atoms with E-state index < -0.39 is 0 Å². The Balaban J connectivity index is 1.48. The maximum atomic E-state index is 12.9. The Morgan fingerprint density at radius 1 is 1.33 bits per heavy atom. The third-order valence-electron chi connectivity index (χ3n) is 5.39. The van der Waals surface area contributed by atoms with E-state index in [9.17, 15) is 4.79 Å². The molecule has 7 nitrogen and oxygen atoms in total. The fourth-order valence-electron chi connectivity index (χ4n) is 4.02. The Kier molecular flexibility index (Phi) is 3.68. The zero-order valence-electron chi connectivity index (χ0n) is 14.4. The number of hydrogen-bond acceptors (Lipinski definition) is 5. The first-order valence-corrected chi connectivity index (χ1v) is 8.47. The number of anilines is 1. The highest BCUT2D eigenvalue weighted by atomic mass is 16.5. The van der Waals surface area contributed by atoms with E-state index >= 15 is 0 Å². The van der Waals surface area contributed by atoms with Crippen LogP contribution in [0.3, 0.4) is 0 Å². The molecule has 2 aromatic heterocycles. The number of likely N-dealkylation sites (tertiary alicyclic amines) is 1. The molecule has 0 radical (unpaired) electrons. The molecule has 4 heterocycles. The van der Waals surface area contributed by atoms with Crippen LogP contribution in [0.15, 0.2) is 16.9 Å². The molecule has 2 aliphatic heterocycles. The minimum absolute atomic E-state index is 0.0828. The SMILES string of the molecule is Cc1noc(C)c1CN1C[C@H]2CCN(c3cnn(C)c3)C(=O)[C@H]2C1. The summed E-state index contributed by atoms with van der Waals surface area (Å²) >= 11 is 0. The summed E-state index contributed by atoms with van der Waals surface area (Å²) in [6.07, 6.45) is 4.73. The number of nitrogens with zero attached hydrogens (tertiary/aromatic N) is 5. The Morgan fingerprint density at radius 2 is 2.17 bits per heavy atom. The van der Waals surface area contributed by atoms with Crippen LogP contribution in [0.25, 0.3) is 0 Å². The van der Waals surface area contributed by atoms with Crippen LogP contribution in [-0.2, 0) is 18.4 Å². The van der Waals surface area contributed by atoms with Crippen LogP contribution in [0.2, 0.25) is 0 Å². The second kappa shape index (κ2) is 5.73. The van der Waals surface area contributed by atoms with Crippen molar-refractivity contribution in [1.29, 1.82) is 0 Å². The Bertz CT molecular complexity index is 745. The number of hydrogen-bond donors (Lipinski definition) is 0. The van der Waals surface area contributed by atoms with E-state index in [-0.39, 0.29) is 11.8 Å². The van der Waals surface area contributed by atoms with E-state index in [1.165, 1.54) is 0 Å². The minimum Gasteiger partial charge on any atom is -0.361 e. The molecule has 7 heteroatoms. The van der Waals surface area contributed by atoms with Gasteiger partial charge in [-0.15, -0.1) is 0 Å². The van der Waals surface area contributed by atoms with Gasteiger partial charge in [-0.3, -0.25) is 14.4 Å². The Hall–Kier alpha value is -2.15. The second-order valence-electron chi connectivity index (χ2n) is 7.01. The summed E-state index contributed by atoms with van der Waals surface area (Å²) in [7, 11) is 1.88. The summed E-state index contributed by atoms with van der Waals surface area (Å²) in [4.78, 5) is 17.2. The number of rotatable bonds is 3. The summed E-state index contributed by atoms with van der Waals surface area (Å²) in [6.45, 7) is 7.31. The lowest BCUT2D eigenvalue weighted by atomic mass is 9.88.